The maximum atomic E-state index is 13.0. The van der Waals surface area contributed by atoms with Crippen LogP contribution in [0.25, 0.3) is 0 Å². The molecule has 0 N–H and O–H groups in total. The minimum atomic E-state index is -0.553. The standard InChI is InChI=1S/C8H5ClFNOS/c1-12-8-3-7(11-4-13)6(10)2-5(8)9/h2-3H,1H3. The highest BCUT2D eigenvalue weighted by Crippen LogP contribution is 2.31. The van der Waals surface area contributed by atoms with E-state index >= 15 is 0 Å². The van der Waals surface area contributed by atoms with Crippen molar-refractivity contribution < 1.29 is 9.13 Å². The number of methoxy groups -OCH3 is 1. The Kier molecular flexibility index (Phi) is 3.37. The first-order chi connectivity index (χ1) is 6.19. The van der Waals surface area contributed by atoms with Crippen LogP contribution in [0.4, 0.5) is 10.1 Å². The Morgan fingerprint density at radius 1 is 1.62 bits per heavy atom. The summed E-state index contributed by atoms with van der Waals surface area (Å²) in [5.41, 5.74) is 0.0660. The van der Waals surface area contributed by atoms with E-state index in [9.17, 15) is 4.39 Å². The third-order valence-corrected chi connectivity index (χ3v) is 1.77. The van der Waals surface area contributed by atoms with Gasteiger partial charge in [-0.2, -0.15) is 4.99 Å². The summed E-state index contributed by atoms with van der Waals surface area (Å²) in [5.74, 6) is -0.199. The molecule has 0 saturated heterocycles. The van der Waals surface area contributed by atoms with Gasteiger partial charge in [-0.15, -0.1) is 0 Å². The molecule has 0 unspecified atom stereocenters. The van der Waals surface area contributed by atoms with Crippen molar-refractivity contribution in [2.75, 3.05) is 7.11 Å². The lowest BCUT2D eigenvalue weighted by Gasteiger charge is -2.03. The molecule has 1 rings (SSSR count). The first-order valence-corrected chi connectivity index (χ1v) is 4.08. The molecule has 5 heteroatoms. The van der Waals surface area contributed by atoms with Crippen LogP contribution in [0.1, 0.15) is 0 Å². The number of benzene rings is 1. The molecule has 0 spiro atoms. The van der Waals surface area contributed by atoms with E-state index in [4.69, 9.17) is 16.3 Å². The van der Waals surface area contributed by atoms with Crippen molar-refractivity contribution in [1.82, 2.24) is 0 Å². The molecular formula is C8H5ClFNOS. The lowest BCUT2D eigenvalue weighted by Crippen LogP contribution is -1.85. The molecule has 0 aliphatic rings. The molecule has 0 aliphatic carbocycles. The topological polar surface area (TPSA) is 21.6 Å². The van der Waals surface area contributed by atoms with Crippen molar-refractivity contribution in [3.8, 4) is 5.75 Å². The number of ether oxygens (including phenoxy) is 1. The third-order valence-electron chi connectivity index (χ3n) is 1.39. The minimum absolute atomic E-state index is 0.0660. The van der Waals surface area contributed by atoms with E-state index in [0.717, 1.165) is 6.07 Å². The van der Waals surface area contributed by atoms with Crippen LogP contribution in [0.2, 0.25) is 5.02 Å². The number of hydrogen-bond acceptors (Lipinski definition) is 3. The van der Waals surface area contributed by atoms with Gasteiger partial charge in [0.2, 0.25) is 0 Å². The summed E-state index contributed by atoms with van der Waals surface area (Å²) in [6.45, 7) is 0. The summed E-state index contributed by atoms with van der Waals surface area (Å²) in [6, 6.07) is 2.48. The van der Waals surface area contributed by atoms with Crippen molar-refractivity contribution in [3.05, 3.63) is 23.0 Å². The zero-order chi connectivity index (χ0) is 9.84. The molecule has 0 fully saturated rings. The van der Waals surface area contributed by atoms with Gasteiger partial charge < -0.3 is 4.74 Å². The van der Waals surface area contributed by atoms with E-state index in [1.807, 2.05) is 0 Å². The maximum absolute atomic E-state index is 13.0. The summed E-state index contributed by atoms with van der Waals surface area (Å²) in [6.07, 6.45) is 0. The van der Waals surface area contributed by atoms with Gasteiger partial charge in [0.25, 0.3) is 0 Å². The summed E-state index contributed by atoms with van der Waals surface area (Å²) < 4.78 is 17.9. The normalized spacial score (nSPS) is 9.15. The van der Waals surface area contributed by atoms with Gasteiger partial charge in [-0.25, -0.2) is 4.39 Å². The SMILES string of the molecule is COc1cc(N=C=S)c(F)cc1Cl. The fourth-order valence-electron chi connectivity index (χ4n) is 0.810. The van der Waals surface area contributed by atoms with E-state index in [2.05, 4.69) is 22.4 Å². The summed E-state index contributed by atoms with van der Waals surface area (Å²) >= 11 is 10.00. The van der Waals surface area contributed by atoms with Crippen LogP contribution in [0.5, 0.6) is 5.75 Å². The number of aliphatic imine (C=N–C) groups is 1. The molecule has 0 radical (unpaired) electrons. The van der Waals surface area contributed by atoms with Crippen LogP contribution in [0.15, 0.2) is 17.1 Å². The predicted molar refractivity (Wildman–Crippen MR) is 52.6 cm³/mol. The van der Waals surface area contributed by atoms with Crippen LogP contribution in [0.3, 0.4) is 0 Å². The molecule has 0 saturated carbocycles. The third kappa shape index (κ3) is 2.25. The molecule has 1 aromatic rings. The zero-order valence-electron chi connectivity index (χ0n) is 6.67. The molecule has 2 nitrogen and oxygen atoms in total. The molecule has 0 aliphatic heterocycles. The van der Waals surface area contributed by atoms with E-state index in [0.29, 0.717) is 5.75 Å². The summed E-state index contributed by atoms with van der Waals surface area (Å²) in [5, 5.41) is 2.26. The quantitative estimate of drug-likeness (QED) is 0.560. The molecule has 68 valence electrons. The highest BCUT2D eigenvalue weighted by atomic mass is 35.5. The van der Waals surface area contributed by atoms with Crippen LogP contribution in [-0.4, -0.2) is 12.3 Å². The predicted octanol–water partition coefficient (Wildman–Crippen LogP) is 3.22. The Morgan fingerprint density at radius 3 is 2.85 bits per heavy atom. The molecule has 0 atom stereocenters. The zero-order valence-corrected chi connectivity index (χ0v) is 8.25. The average molecular weight is 218 g/mol. The van der Waals surface area contributed by atoms with Crippen molar-refractivity contribution in [2.45, 2.75) is 0 Å². The van der Waals surface area contributed by atoms with E-state index in [-0.39, 0.29) is 10.7 Å². The van der Waals surface area contributed by atoms with Crippen molar-refractivity contribution in [3.63, 3.8) is 0 Å². The second-order valence-electron chi connectivity index (χ2n) is 2.14. The first kappa shape index (κ1) is 10.1. The van der Waals surface area contributed by atoms with Crippen LogP contribution in [-0.2, 0) is 0 Å². The van der Waals surface area contributed by atoms with Crippen LogP contribution >= 0.6 is 23.8 Å². The van der Waals surface area contributed by atoms with E-state index < -0.39 is 5.82 Å². The van der Waals surface area contributed by atoms with Gasteiger partial charge in [0.1, 0.15) is 11.4 Å². The summed E-state index contributed by atoms with van der Waals surface area (Å²) in [4.78, 5) is 3.51. The monoisotopic (exact) mass is 217 g/mol. The van der Waals surface area contributed by atoms with Gasteiger partial charge in [0, 0.05) is 6.07 Å². The minimum Gasteiger partial charge on any atom is -0.495 e. The van der Waals surface area contributed by atoms with Crippen LogP contribution < -0.4 is 4.74 Å². The van der Waals surface area contributed by atoms with Gasteiger partial charge in [-0.1, -0.05) is 11.6 Å². The first-order valence-electron chi connectivity index (χ1n) is 3.30. The fraction of sp³-hybridized carbons (Fsp3) is 0.125. The van der Waals surface area contributed by atoms with Gasteiger partial charge in [-0.3, -0.25) is 0 Å². The lowest BCUT2D eigenvalue weighted by molar-refractivity contribution is 0.414. The Bertz CT molecular complexity index is 377. The highest BCUT2D eigenvalue weighted by Gasteiger charge is 2.07. The second kappa shape index (κ2) is 4.33. The van der Waals surface area contributed by atoms with Gasteiger partial charge in [0.15, 0.2) is 5.82 Å². The smallest absolute Gasteiger partial charge is 0.151 e. The largest absolute Gasteiger partial charge is 0.495 e. The summed E-state index contributed by atoms with van der Waals surface area (Å²) in [7, 11) is 1.43. The van der Waals surface area contributed by atoms with Crippen molar-refractivity contribution in [1.29, 1.82) is 0 Å². The molecular weight excluding hydrogens is 213 g/mol. The highest BCUT2D eigenvalue weighted by molar-refractivity contribution is 7.78. The number of rotatable bonds is 2. The molecule has 0 aromatic heterocycles. The molecule has 0 heterocycles. The molecule has 13 heavy (non-hydrogen) atoms. The van der Waals surface area contributed by atoms with Crippen molar-refractivity contribution >= 4 is 34.7 Å². The number of halogens is 2. The molecule has 0 bridgehead atoms. The Morgan fingerprint density at radius 2 is 2.31 bits per heavy atom. The van der Waals surface area contributed by atoms with Gasteiger partial charge in [0.05, 0.1) is 17.3 Å². The van der Waals surface area contributed by atoms with E-state index in [1.165, 1.54) is 13.2 Å². The Balaban J connectivity index is 3.29. The Labute approximate surface area is 85.0 Å². The van der Waals surface area contributed by atoms with Crippen LogP contribution in [0, 0.1) is 5.82 Å². The van der Waals surface area contributed by atoms with Gasteiger partial charge >= 0.3 is 0 Å². The fourth-order valence-corrected chi connectivity index (χ4v) is 1.14. The number of nitrogens with zero attached hydrogens (tertiary/aromatic N) is 1. The second-order valence-corrected chi connectivity index (χ2v) is 2.73. The average Bonchev–Trinajstić information content (AvgIpc) is 2.10. The molecule has 1 aromatic carbocycles. The molecule has 0 amide bonds. The maximum Gasteiger partial charge on any atom is 0.151 e. The van der Waals surface area contributed by atoms with Gasteiger partial charge in [-0.05, 0) is 18.3 Å². The lowest BCUT2D eigenvalue weighted by atomic mass is 10.3. The number of hydrogen-bond donors (Lipinski definition) is 0. The Hall–Kier alpha value is -0.960. The van der Waals surface area contributed by atoms with Crippen molar-refractivity contribution in [2.24, 2.45) is 4.99 Å². The number of thiocarbonyl (C=S) groups is 1. The van der Waals surface area contributed by atoms with E-state index in [1.54, 1.807) is 0 Å². The number of isothiocyanates is 1.